The van der Waals surface area contributed by atoms with Crippen LogP contribution in [-0.4, -0.2) is 12.6 Å². The molecule has 0 aromatic heterocycles. The van der Waals surface area contributed by atoms with E-state index in [1.807, 2.05) is 0 Å². The summed E-state index contributed by atoms with van der Waals surface area (Å²) in [4.78, 5) is 0. The lowest BCUT2D eigenvalue weighted by Crippen LogP contribution is -2.37. The molecule has 1 aliphatic carbocycles. The van der Waals surface area contributed by atoms with Gasteiger partial charge in [0.1, 0.15) is 0 Å². The van der Waals surface area contributed by atoms with Crippen LogP contribution in [0, 0.1) is 11.8 Å². The lowest BCUT2D eigenvalue weighted by Gasteiger charge is -2.25. The first-order valence-corrected chi connectivity index (χ1v) is 5.55. The second-order valence-electron chi connectivity index (χ2n) is 4.47. The molecule has 2 atom stereocenters. The lowest BCUT2D eigenvalue weighted by atomic mass is 9.92. The maximum atomic E-state index is 4.08. The van der Waals surface area contributed by atoms with Crippen molar-refractivity contribution in [3.8, 4) is 0 Å². The zero-order chi connectivity index (χ0) is 9.84. The molecule has 0 amide bonds. The lowest BCUT2D eigenvalue weighted by molar-refractivity contribution is 0.379. The summed E-state index contributed by atoms with van der Waals surface area (Å²) in [5.74, 6) is 1.75. The molecule has 1 heteroatoms. The van der Waals surface area contributed by atoms with Gasteiger partial charge in [0.05, 0.1) is 0 Å². The van der Waals surface area contributed by atoms with E-state index in [4.69, 9.17) is 0 Å². The van der Waals surface area contributed by atoms with Crippen LogP contribution in [0.1, 0.15) is 40.0 Å². The van der Waals surface area contributed by atoms with E-state index in [2.05, 4.69) is 32.7 Å². The Morgan fingerprint density at radius 1 is 1.54 bits per heavy atom. The van der Waals surface area contributed by atoms with Crippen LogP contribution in [0.5, 0.6) is 0 Å². The first kappa shape index (κ1) is 10.8. The Hall–Kier alpha value is -0.300. The Morgan fingerprint density at radius 2 is 2.15 bits per heavy atom. The zero-order valence-electron chi connectivity index (χ0n) is 9.27. The van der Waals surface area contributed by atoms with Crippen molar-refractivity contribution in [1.82, 2.24) is 5.32 Å². The van der Waals surface area contributed by atoms with Crippen LogP contribution in [0.3, 0.4) is 0 Å². The molecule has 0 aromatic carbocycles. The van der Waals surface area contributed by atoms with Gasteiger partial charge in [-0.1, -0.05) is 26.0 Å². The maximum Gasteiger partial charge on any atom is 0.0302 e. The van der Waals surface area contributed by atoms with Crippen LogP contribution in [0.4, 0.5) is 0 Å². The highest BCUT2D eigenvalue weighted by molar-refractivity contribution is 5.06. The summed E-state index contributed by atoms with van der Waals surface area (Å²) in [5, 5.41) is 3.59. The van der Waals surface area contributed by atoms with E-state index < -0.39 is 0 Å². The average molecular weight is 181 g/mol. The largest absolute Gasteiger partial charge is 0.310 e. The van der Waals surface area contributed by atoms with Crippen molar-refractivity contribution in [2.75, 3.05) is 6.54 Å². The van der Waals surface area contributed by atoms with Gasteiger partial charge in [0, 0.05) is 6.04 Å². The van der Waals surface area contributed by atoms with Gasteiger partial charge in [0.15, 0.2) is 0 Å². The molecular formula is C12H23N. The smallest absolute Gasteiger partial charge is 0.0302 e. The number of hydrogen-bond acceptors (Lipinski definition) is 1. The molecule has 1 N–H and O–H groups in total. The predicted molar refractivity (Wildman–Crippen MR) is 58.8 cm³/mol. The van der Waals surface area contributed by atoms with Gasteiger partial charge in [-0.3, -0.25) is 0 Å². The van der Waals surface area contributed by atoms with Gasteiger partial charge >= 0.3 is 0 Å². The fourth-order valence-electron chi connectivity index (χ4n) is 2.00. The average Bonchev–Trinajstić information content (AvgIpc) is 2.86. The first-order valence-electron chi connectivity index (χ1n) is 5.55. The molecule has 1 nitrogen and oxygen atoms in total. The third-order valence-electron chi connectivity index (χ3n) is 3.04. The van der Waals surface area contributed by atoms with Crippen molar-refractivity contribution in [3.63, 3.8) is 0 Å². The van der Waals surface area contributed by atoms with Gasteiger partial charge in [0.25, 0.3) is 0 Å². The minimum atomic E-state index is 0.549. The van der Waals surface area contributed by atoms with Crippen molar-refractivity contribution in [1.29, 1.82) is 0 Å². The van der Waals surface area contributed by atoms with E-state index in [0.29, 0.717) is 6.04 Å². The van der Waals surface area contributed by atoms with Crippen molar-refractivity contribution in [3.05, 3.63) is 12.2 Å². The fourth-order valence-corrected chi connectivity index (χ4v) is 2.00. The summed E-state index contributed by atoms with van der Waals surface area (Å²) >= 11 is 0. The zero-order valence-corrected chi connectivity index (χ0v) is 9.27. The molecule has 13 heavy (non-hydrogen) atoms. The van der Waals surface area contributed by atoms with Crippen LogP contribution >= 0.6 is 0 Å². The molecule has 1 fully saturated rings. The third kappa shape index (κ3) is 3.15. The Kier molecular flexibility index (Phi) is 3.98. The molecule has 76 valence electrons. The second kappa shape index (κ2) is 4.80. The highest BCUT2D eigenvalue weighted by Crippen LogP contribution is 2.39. The van der Waals surface area contributed by atoms with Crippen molar-refractivity contribution in [2.24, 2.45) is 11.8 Å². The van der Waals surface area contributed by atoms with E-state index in [1.165, 1.54) is 24.8 Å². The van der Waals surface area contributed by atoms with Crippen molar-refractivity contribution in [2.45, 2.75) is 46.1 Å². The van der Waals surface area contributed by atoms with Crippen LogP contribution in [0.2, 0.25) is 0 Å². The summed E-state index contributed by atoms with van der Waals surface area (Å²) in [6.45, 7) is 11.9. The summed E-state index contributed by atoms with van der Waals surface area (Å²) in [7, 11) is 0. The molecule has 0 heterocycles. The molecule has 0 aromatic rings. The highest BCUT2D eigenvalue weighted by atomic mass is 14.9. The summed E-state index contributed by atoms with van der Waals surface area (Å²) < 4.78 is 0. The standard InChI is InChI=1S/C12H23N/c1-5-8-13-12(9(2)3)10(4)11-6-7-11/h10-13H,2,5-8H2,1,3-4H3. The Labute approximate surface area is 82.6 Å². The van der Waals surface area contributed by atoms with Crippen LogP contribution in [0.25, 0.3) is 0 Å². The molecular weight excluding hydrogens is 158 g/mol. The highest BCUT2D eigenvalue weighted by Gasteiger charge is 2.33. The molecule has 0 saturated heterocycles. The molecule has 1 aliphatic rings. The first-order chi connectivity index (χ1) is 6.16. The van der Waals surface area contributed by atoms with E-state index >= 15 is 0 Å². The van der Waals surface area contributed by atoms with Crippen LogP contribution in [0.15, 0.2) is 12.2 Å². The number of nitrogens with one attached hydrogen (secondary N) is 1. The molecule has 0 bridgehead atoms. The van der Waals surface area contributed by atoms with Gasteiger partial charge < -0.3 is 5.32 Å². The molecule has 2 unspecified atom stereocenters. The molecule has 1 saturated carbocycles. The predicted octanol–water partition coefficient (Wildman–Crippen LogP) is 2.98. The molecule has 0 radical (unpaired) electrons. The Morgan fingerprint density at radius 3 is 2.54 bits per heavy atom. The fraction of sp³-hybridized carbons (Fsp3) is 0.833. The van der Waals surface area contributed by atoms with Crippen LogP contribution < -0.4 is 5.32 Å². The molecule has 1 rings (SSSR count). The van der Waals surface area contributed by atoms with Gasteiger partial charge in [-0.2, -0.15) is 0 Å². The van der Waals surface area contributed by atoms with E-state index in [-0.39, 0.29) is 0 Å². The summed E-state index contributed by atoms with van der Waals surface area (Å²) in [6.07, 6.45) is 4.07. The molecule has 0 spiro atoms. The second-order valence-corrected chi connectivity index (χ2v) is 4.47. The summed E-state index contributed by atoms with van der Waals surface area (Å²) in [6, 6.07) is 0.549. The Bertz CT molecular complexity index is 170. The SMILES string of the molecule is C=C(C)C(NCCC)C(C)C1CC1. The molecule has 0 aliphatic heterocycles. The minimum Gasteiger partial charge on any atom is -0.310 e. The van der Waals surface area contributed by atoms with Gasteiger partial charge in [0.2, 0.25) is 0 Å². The van der Waals surface area contributed by atoms with Gasteiger partial charge in [-0.05, 0) is 44.6 Å². The quantitative estimate of drug-likeness (QED) is 0.621. The normalized spacial score (nSPS) is 21.2. The van der Waals surface area contributed by atoms with Crippen LogP contribution in [-0.2, 0) is 0 Å². The number of rotatable bonds is 6. The topological polar surface area (TPSA) is 12.0 Å². The van der Waals surface area contributed by atoms with Crippen molar-refractivity contribution < 1.29 is 0 Å². The van der Waals surface area contributed by atoms with Gasteiger partial charge in [-0.15, -0.1) is 0 Å². The third-order valence-corrected chi connectivity index (χ3v) is 3.04. The summed E-state index contributed by atoms with van der Waals surface area (Å²) in [5.41, 5.74) is 1.30. The van der Waals surface area contributed by atoms with E-state index in [1.54, 1.807) is 0 Å². The van der Waals surface area contributed by atoms with Crippen molar-refractivity contribution >= 4 is 0 Å². The minimum absolute atomic E-state index is 0.549. The van der Waals surface area contributed by atoms with Gasteiger partial charge in [-0.25, -0.2) is 0 Å². The Balaban J connectivity index is 2.40. The number of hydrogen-bond donors (Lipinski definition) is 1. The monoisotopic (exact) mass is 181 g/mol. The maximum absolute atomic E-state index is 4.08. The van der Waals surface area contributed by atoms with E-state index in [0.717, 1.165) is 18.4 Å². The van der Waals surface area contributed by atoms with E-state index in [9.17, 15) is 0 Å².